The number of carbonyl (C=O) groups excluding carboxylic acids is 1. The number of carbonyl (C=O) groups is 1. The molecule has 3 rings (SSSR count). The van der Waals surface area contributed by atoms with Gasteiger partial charge in [-0.3, -0.25) is 4.79 Å². The molecule has 12 heteroatoms. The molecule has 31 heavy (non-hydrogen) atoms. The molecule has 2 aromatic heterocycles. The molecule has 0 spiro atoms. The number of nitrogens with zero attached hydrogens (tertiary/aromatic N) is 5. The number of hydrogen-bond acceptors (Lipinski definition) is 7. The van der Waals surface area contributed by atoms with E-state index in [1.165, 1.54) is 30.1 Å². The molecular weight excluding hydrogens is 490 g/mol. The molecule has 1 N–H and O–H groups in total. The van der Waals surface area contributed by atoms with Gasteiger partial charge in [-0.1, -0.05) is 6.92 Å². The summed E-state index contributed by atoms with van der Waals surface area (Å²) in [7, 11) is -0.657. The highest BCUT2D eigenvalue weighted by molar-refractivity contribution is 9.10. The molecule has 0 saturated heterocycles. The van der Waals surface area contributed by atoms with Crippen LogP contribution in [-0.4, -0.2) is 82.1 Å². The Balaban J connectivity index is 1.94. The lowest BCUT2D eigenvalue weighted by Gasteiger charge is -2.37. The summed E-state index contributed by atoms with van der Waals surface area (Å²) in [4.78, 5) is 22.9. The molecule has 0 fully saturated rings. The lowest BCUT2D eigenvalue weighted by Crippen LogP contribution is -2.50. The molecule has 1 aliphatic heterocycles. The van der Waals surface area contributed by atoms with Crippen molar-refractivity contribution in [1.82, 2.24) is 23.7 Å². The van der Waals surface area contributed by atoms with Gasteiger partial charge in [-0.05, 0) is 28.9 Å². The summed E-state index contributed by atoms with van der Waals surface area (Å²) in [6.45, 7) is 3.75. The van der Waals surface area contributed by atoms with E-state index in [1.807, 2.05) is 6.92 Å². The van der Waals surface area contributed by atoms with Gasteiger partial charge in [0.15, 0.2) is 5.03 Å². The van der Waals surface area contributed by atoms with Gasteiger partial charge in [0, 0.05) is 43.4 Å². The molecule has 0 saturated carbocycles. The minimum absolute atomic E-state index is 0.0345. The van der Waals surface area contributed by atoms with Crippen molar-refractivity contribution >= 4 is 31.9 Å². The third-order valence-corrected chi connectivity index (χ3v) is 7.42. The highest BCUT2D eigenvalue weighted by atomic mass is 79.9. The lowest BCUT2D eigenvalue weighted by molar-refractivity contribution is 0.0373. The summed E-state index contributed by atoms with van der Waals surface area (Å²) in [5.41, 5.74) is 0.252. The molecule has 0 aliphatic carbocycles. The van der Waals surface area contributed by atoms with Crippen LogP contribution in [0.4, 0.5) is 0 Å². The topological polar surface area (TPSA) is 118 Å². The maximum absolute atomic E-state index is 13.1. The molecule has 0 bridgehead atoms. The summed E-state index contributed by atoms with van der Waals surface area (Å²) in [5.74, 6) is -0.411. The first-order chi connectivity index (χ1) is 14.5. The number of rotatable bonds is 6. The molecule has 2 aromatic rings. The van der Waals surface area contributed by atoms with E-state index in [0.29, 0.717) is 4.47 Å². The van der Waals surface area contributed by atoms with Gasteiger partial charge < -0.3 is 19.3 Å². The zero-order valence-electron chi connectivity index (χ0n) is 17.8. The second kappa shape index (κ2) is 9.23. The average molecular weight is 516 g/mol. The van der Waals surface area contributed by atoms with E-state index in [0.717, 1.165) is 0 Å². The number of hydrogen-bond donors (Lipinski definition) is 1. The Kier molecular flexibility index (Phi) is 7.04. The Bertz CT molecular complexity index is 1060. The Hall–Kier alpha value is -2.02. The Morgan fingerprint density at radius 1 is 1.42 bits per heavy atom. The zero-order chi connectivity index (χ0) is 22.9. The van der Waals surface area contributed by atoms with Crippen molar-refractivity contribution in [2.45, 2.75) is 31.0 Å². The highest BCUT2D eigenvalue weighted by Gasteiger charge is 2.36. The number of aliphatic hydroxyl groups is 1. The smallest absolute Gasteiger partial charge is 0.261 e. The van der Waals surface area contributed by atoms with Gasteiger partial charge in [0.2, 0.25) is 5.88 Å². The van der Waals surface area contributed by atoms with E-state index < -0.39 is 22.2 Å². The first-order valence-electron chi connectivity index (χ1n) is 9.73. The van der Waals surface area contributed by atoms with Gasteiger partial charge in [-0.25, -0.2) is 18.4 Å². The molecule has 3 heterocycles. The number of fused-ring (bicyclic) bond motifs is 1. The number of aryl methyl sites for hydroxylation is 1. The number of aromatic nitrogens is 3. The predicted octanol–water partition coefficient (Wildman–Crippen LogP) is 1.12. The second-order valence-electron chi connectivity index (χ2n) is 7.79. The summed E-state index contributed by atoms with van der Waals surface area (Å²) in [6.07, 6.45) is 3.79. The largest absolute Gasteiger partial charge is 0.472 e. The number of sulfonamides is 1. The fourth-order valence-corrected chi connectivity index (χ4v) is 4.80. The van der Waals surface area contributed by atoms with Gasteiger partial charge in [0.25, 0.3) is 15.9 Å². The summed E-state index contributed by atoms with van der Waals surface area (Å²) < 4.78 is 35.3. The maximum Gasteiger partial charge on any atom is 0.261 e. The Morgan fingerprint density at radius 3 is 2.74 bits per heavy atom. The highest BCUT2D eigenvalue weighted by Crippen LogP contribution is 2.29. The number of amides is 1. The fraction of sp³-hybridized carbons (Fsp3) is 0.526. The first kappa shape index (κ1) is 23.6. The van der Waals surface area contributed by atoms with Crippen LogP contribution in [0.1, 0.15) is 24.2 Å². The van der Waals surface area contributed by atoms with Crippen molar-refractivity contribution in [2.24, 2.45) is 13.0 Å². The van der Waals surface area contributed by atoms with Crippen LogP contribution >= 0.6 is 15.9 Å². The van der Waals surface area contributed by atoms with Crippen LogP contribution in [-0.2, 0) is 17.1 Å². The number of likely N-dealkylation sites (N-methyl/N-ethyl adjacent to an activating group) is 1. The van der Waals surface area contributed by atoms with Gasteiger partial charge >= 0.3 is 0 Å². The third kappa shape index (κ3) is 4.92. The monoisotopic (exact) mass is 515 g/mol. The maximum atomic E-state index is 13.1. The van der Waals surface area contributed by atoms with Crippen molar-refractivity contribution in [2.75, 3.05) is 26.7 Å². The molecule has 3 atom stereocenters. The quantitative estimate of drug-likeness (QED) is 0.612. The SMILES string of the molecule is C[C@H](CO)N1C[C@H](C)[C@H](CN(C)S(=O)(=O)c2cn(C)cn2)Oc2ncc(Br)cc2C1=O. The second-order valence-corrected chi connectivity index (χ2v) is 10.7. The van der Waals surface area contributed by atoms with Crippen LogP contribution in [0, 0.1) is 5.92 Å². The van der Waals surface area contributed by atoms with Crippen LogP contribution in [0.15, 0.2) is 34.3 Å². The number of pyridine rings is 1. The van der Waals surface area contributed by atoms with Gasteiger partial charge in [0.1, 0.15) is 11.7 Å². The van der Waals surface area contributed by atoms with Crippen LogP contribution in [0.3, 0.4) is 0 Å². The molecule has 1 aliphatic rings. The molecule has 10 nitrogen and oxygen atoms in total. The summed E-state index contributed by atoms with van der Waals surface area (Å²) in [6, 6.07) is 1.19. The minimum Gasteiger partial charge on any atom is -0.472 e. The minimum atomic E-state index is -3.82. The van der Waals surface area contributed by atoms with E-state index >= 15 is 0 Å². The van der Waals surface area contributed by atoms with Crippen LogP contribution in [0.5, 0.6) is 5.88 Å². The molecular formula is C19H26BrN5O5S. The normalized spacial score (nSPS) is 20.7. The lowest BCUT2D eigenvalue weighted by atomic mass is 10.0. The van der Waals surface area contributed by atoms with Crippen molar-refractivity contribution < 1.29 is 23.1 Å². The standard InChI is InChI=1S/C19H26BrN5O5S/c1-12-7-25(13(2)10-26)19(27)15-5-14(20)6-21-18(15)30-16(12)8-24(4)31(28,29)17-9-23(3)11-22-17/h5-6,9,11-13,16,26H,7-8,10H2,1-4H3/t12-,13+,16-/m0/s1. The molecule has 0 aromatic carbocycles. The molecule has 0 unspecified atom stereocenters. The van der Waals surface area contributed by atoms with Crippen LogP contribution < -0.4 is 4.74 Å². The van der Waals surface area contributed by atoms with Crippen LogP contribution in [0.2, 0.25) is 0 Å². The first-order valence-corrected chi connectivity index (χ1v) is 12.0. The summed E-state index contributed by atoms with van der Waals surface area (Å²) >= 11 is 3.32. The molecule has 170 valence electrons. The molecule has 0 radical (unpaired) electrons. The van der Waals surface area contributed by atoms with Crippen LogP contribution in [0.25, 0.3) is 0 Å². The van der Waals surface area contributed by atoms with E-state index in [2.05, 4.69) is 25.9 Å². The Labute approximate surface area is 190 Å². The number of halogens is 1. The van der Waals surface area contributed by atoms with Crippen molar-refractivity contribution in [3.05, 3.63) is 34.8 Å². The van der Waals surface area contributed by atoms with Crippen molar-refractivity contribution in [3.8, 4) is 5.88 Å². The molecule has 1 amide bonds. The van der Waals surface area contributed by atoms with Gasteiger partial charge in [-0.15, -0.1) is 0 Å². The number of ether oxygens (including phenoxy) is 1. The van der Waals surface area contributed by atoms with Crippen molar-refractivity contribution in [1.29, 1.82) is 0 Å². The van der Waals surface area contributed by atoms with E-state index in [1.54, 1.807) is 29.5 Å². The Morgan fingerprint density at radius 2 is 2.13 bits per heavy atom. The fourth-order valence-electron chi connectivity index (χ4n) is 3.33. The average Bonchev–Trinajstić information content (AvgIpc) is 3.17. The van der Waals surface area contributed by atoms with E-state index in [9.17, 15) is 18.3 Å². The summed E-state index contributed by atoms with van der Waals surface area (Å²) in [5, 5.41) is 9.60. The van der Waals surface area contributed by atoms with Crippen molar-refractivity contribution in [3.63, 3.8) is 0 Å². The zero-order valence-corrected chi connectivity index (χ0v) is 20.2. The predicted molar refractivity (Wildman–Crippen MR) is 116 cm³/mol. The van der Waals surface area contributed by atoms with E-state index in [4.69, 9.17) is 4.74 Å². The number of imidazole rings is 1. The van der Waals surface area contributed by atoms with Gasteiger partial charge in [-0.2, -0.15) is 4.31 Å². The van der Waals surface area contributed by atoms with Gasteiger partial charge in [0.05, 0.1) is 25.5 Å². The third-order valence-electron chi connectivity index (χ3n) is 5.28. The number of aliphatic hydroxyl groups excluding tert-OH is 1. The van der Waals surface area contributed by atoms with E-state index in [-0.39, 0.29) is 48.0 Å².